The maximum absolute atomic E-state index is 14.2. The molecule has 2 atom stereocenters. The van der Waals surface area contributed by atoms with Gasteiger partial charge >= 0.3 is 6.03 Å². The SMILES string of the molecule is C=CCN(C(=O)NCc1ccc(OC)cc1)N1CC(=O)N2[C@@H](Cc3ccc(N)cc3)C(=O)N(Cc3cccc4ccccc34)C[C@@H]21. The second-order valence-corrected chi connectivity index (χ2v) is 11.6. The summed E-state index contributed by atoms with van der Waals surface area (Å²) in [5.74, 6) is 0.392. The summed E-state index contributed by atoms with van der Waals surface area (Å²) in [6.45, 7) is 4.92. The molecule has 0 bridgehead atoms. The number of hydrazine groups is 1. The number of nitrogens with zero attached hydrogens (tertiary/aromatic N) is 4. The maximum Gasteiger partial charge on any atom is 0.332 e. The molecule has 2 fully saturated rings. The number of amides is 4. The Balaban J connectivity index is 1.30. The molecule has 0 saturated carbocycles. The first-order chi connectivity index (χ1) is 22.4. The summed E-state index contributed by atoms with van der Waals surface area (Å²) >= 11 is 0. The van der Waals surface area contributed by atoms with Crippen LogP contribution in [-0.2, 0) is 29.1 Å². The number of hydrogen-bond donors (Lipinski definition) is 2. The van der Waals surface area contributed by atoms with Gasteiger partial charge in [0.1, 0.15) is 18.0 Å². The number of nitrogens with one attached hydrogen (secondary N) is 1. The minimum atomic E-state index is -0.747. The molecule has 0 unspecified atom stereocenters. The van der Waals surface area contributed by atoms with Crippen molar-refractivity contribution in [3.05, 3.63) is 120 Å². The van der Waals surface area contributed by atoms with Gasteiger partial charge in [-0.3, -0.25) is 14.6 Å². The monoisotopic (exact) mass is 618 g/mol. The number of fused-ring (bicyclic) bond motifs is 2. The Kier molecular flexibility index (Phi) is 8.89. The summed E-state index contributed by atoms with van der Waals surface area (Å²) in [6.07, 6.45) is 1.41. The molecular weight excluding hydrogens is 580 g/mol. The zero-order valence-corrected chi connectivity index (χ0v) is 25.8. The number of methoxy groups -OCH3 is 1. The fourth-order valence-electron chi connectivity index (χ4n) is 6.34. The third-order valence-corrected chi connectivity index (χ3v) is 8.67. The molecule has 2 aliphatic heterocycles. The van der Waals surface area contributed by atoms with Crippen molar-refractivity contribution < 1.29 is 19.1 Å². The Hall–Kier alpha value is -5.35. The summed E-state index contributed by atoms with van der Waals surface area (Å²) in [7, 11) is 1.60. The molecule has 0 aromatic heterocycles. The molecule has 0 spiro atoms. The van der Waals surface area contributed by atoms with Crippen molar-refractivity contribution >= 4 is 34.3 Å². The van der Waals surface area contributed by atoms with E-state index >= 15 is 0 Å². The second-order valence-electron chi connectivity index (χ2n) is 11.6. The van der Waals surface area contributed by atoms with Gasteiger partial charge in [0.05, 0.1) is 26.7 Å². The number of nitrogens with two attached hydrogens (primary N) is 1. The Morgan fingerprint density at radius 3 is 2.46 bits per heavy atom. The van der Waals surface area contributed by atoms with Crippen molar-refractivity contribution in [2.24, 2.45) is 0 Å². The Morgan fingerprint density at radius 1 is 1.00 bits per heavy atom. The number of urea groups is 1. The summed E-state index contributed by atoms with van der Waals surface area (Å²) < 4.78 is 5.24. The molecule has 46 heavy (non-hydrogen) atoms. The van der Waals surface area contributed by atoms with E-state index in [1.165, 1.54) is 5.01 Å². The van der Waals surface area contributed by atoms with Crippen LogP contribution >= 0.6 is 0 Å². The van der Waals surface area contributed by atoms with E-state index in [4.69, 9.17) is 10.5 Å². The number of rotatable bonds is 10. The van der Waals surface area contributed by atoms with Crippen LogP contribution in [0, 0.1) is 0 Å². The van der Waals surface area contributed by atoms with Crippen molar-refractivity contribution in [1.29, 1.82) is 0 Å². The molecule has 6 rings (SSSR count). The highest BCUT2D eigenvalue weighted by Gasteiger charge is 2.52. The van der Waals surface area contributed by atoms with Crippen LogP contribution in [0.15, 0.2) is 104 Å². The van der Waals surface area contributed by atoms with Crippen LogP contribution in [-0.4, -0.2) is 76.6 Å². The smallest absolute Gasteiger partial charge is 0.332 e. The van der Waals surface area contributed by atoms with Crippen molar-refractivity contribution in [3.63, 3.8) is 0 Å². The van der Waals surface area contributed by atoms with Gasteiger partial charge in [-0.1, -0.05) is 72.8 Å². The number of ether oxygens (including phenoxy) is 1. The quantitative estimate of drug-likeness (QED) is 0.204. The predicted octanol–water partition coefficient (Wildman–Crippen LogP) is 4.17. The van der Waals surface area contributed by atoms with E-state index in [1.54, 1.807) is 35.2 Å². The van der Waals surface area contributed by atoms with E-state index in [9.17, 15) is 14.4 Å². The van der Waals surface area contributed by atoms with Gasteiger partial charge in [-0.2, -0.15) is 5.01 Å². The molecule has 10 nitrogen and oxygen atoms in total. The molecule has 4 amide bonds. The summed E-state index contributed by atoms with van der Waals surface area (Å²) in [6, 6.07) is 27.9. The standard InChI is InChI=1S/C36H38N6O4/c1-3-19-40(36(45)38-21-26-13-17-30(46-2)18-14-26)41-24-34(43)42-32(20-25-11-15-29(37)16-12-25)35(44)39(23-33(41)42)22-28-9-6-8-27-7-4-5-10-31(27)28/h3-18,32-33H,1,19-24,37H2,2H3,(H,38,45)/t32-,33+/m0/s1. The van der Waals surface area contributed by atoms with Crippen molar-refractivity contribution in [2.75, 3.05) is 32.5 Å². The largest absolute Gasteiger partial charge is 0.497 e. The number of benzene rings is 4. The fraction of sp³-hybridized carbons (Fsp3) is 0.250. The molecule has 2 heterocycles. The predicted molar refractivity (Wildman–Crippen MR) is 177 cm³/mol. The number of nitrogen functional groups attached to an aromatic ring is 1. The number of piperazine rings is 1. The van der Waals surface area contributed by atoms with Crippen molar-refractivity contribution in [3.8, 4) is 5.75 Å². The Labute approximate surface area is 268 Å². The van der Waals surface area contributed by atoms with Crippen LogP contribution in [0.25, 0.3) is 10.8 Å². The third-order valence-electron chi connectivity index (χ3n) is 8.67. The van der Waals surface area contributed by atoms with Crippen LogP contribution in [0.3, 0.4) is 0 Å². The van der Waals surface area contributed by atoms with E-state index in [-0.39, 0.29) is 44.0 Å². The second kappa shape index (κ2) is 13.3. The van der Waals surface area contributed by atoms with Crippen LogP contribution in [0.4, 0.5) is 10.5 Å². The summed E-state index contributed by atoms with van der Waals surface area (Å²) in [4.78, 5) is 45.1. The molecular formula is C36H38N6O4. The lowest BCUT2D eigenvalue weighted by Gasteiger charge is -2.46. The van der Waals surface area contributed by atoms with Gasteiger partial charge in [-0.15, -0.1) is 6.58 Å². The van der Waals surface area contributed by atoms with E-state index in [0.717, 1.165) is 33.2 Å². The first kappa shape index (κ1) is 30.7. The Bertz CT molecular complexity index is 1740. The minimum Gasteiger partial charge on any atom is -0.497 e. The van der Waals surface area contributed by atoms with E-state index in [0.29, 0.717) is 18.7 Å². The van der Waals surface area contributed by atoms with E-state index in [1.807, 2.05) is 65.6 Å². The Morgan fingerprint density at radius 2 is 1.72 bits per heavy atom. The molecule has 4 aromatic rings. The lowest BCUT2D eigenvalue weighted by molar-refractivity contribution is -0.157. The number of anilines is 1. The first-order valence-corrected chi connectivity index (χ1v) is 15.3. The summed E-state index contributed by atoms with van der Waals surface area (Å²) in [5.41, 5.74) is 9.36. The zero-order chi connectivity index (χ0) is 32.2. The van der Waals surface area contributed by atoms with Gasteiger partial charge in [-0.05, 0) is 51.7 Å². The normalized spacial score (nSPS) is 18.0. The maximum atomic E-state index is 14.2. The topological polar surface area (TPSA) is 111 Å². The number of carbonyl (C=O) groups excluding carboxylic acids is 3. The number of carbonyl (C=O) groups is 3. The average Bonchev–Trinajstić information content (AvgIpc) is 3.40. The van der Waals surface area contributed by atoms with Gasteiger partial charge in [0.25, 0.3) is 0 Å². The molecule has 2 aliphatic rings. The minimum absolute atomic E-state index is 0.0396. The van der Waals surface area contributed by atoms with Gasteiger partial charge in [0.15, 0.2) is 0 Å². The average molecular weight is 619 g/mol. The molecule has 4 aromatic carbocycles. The zero-order valence-electron chi connectivity index (χ0n) is 25.8. The highest BCUT2D eigenvalue weighted by molar-refractivity contribution is 5.92. The molecule has 3 N–H and O–H groups in total. The highest BCUT2D eigenvalue weighted by atomic mass is 16.5. The van der Waals surface area contributed by atoms with Crippen LogP contribution in [0.1, 0.15) is 16.7 Å². The lowest BCUT2D eigenvalue weighted by Crippen LogP contribution is -2.66. The first-order valence-electron chi connectivity index (χ1n) is 15.3. The van der Waals surface area contributed by atoms with Gasteiger partial charge < -0.3 is 25.6 Å². The molecule has 0 aliphatic carbocycles. The van der Waals surface area contributed by atoms with Crippen molar-refractivity contribution in [2.45, 2.75) is 31.7 Å². The molecule has 10 heteroatoms. The number of hydrogen-bond acceptors (Lipinski definition) is 6. The summed E-state index contributed by atoms with van der Waals surface area (Å²) in [5, 5.41) is 8.43. The van der Waals surface area contributed by atoms with Crippen LogP contribution in [0.2, 0.25) is 0 Å². The molecule has 236 valence electrons. The van der Waals surface area contributed by atoms with Crippen molar-refractivity contribution in [1.82, 2.24) is 25.1 Å². The van der Waals surface area contributed by atoms with Crippen LogP contribution < -0.4 is 15.8 Å². The molecule has 2 saturated heterocycles. The highest BCUT2D eigenvalue weighted by Crippen LogP contribution is 2.31. The molecule has 0 radical (unpaired) electrons. The lowest BCUT2D eigenvalue weighted by atomic mass is 9.99. The van der Waals surface area contributed by atoms with Crippen LogP contribution in [0.5, 0.6) is 5.75 Å². The van der Waals surface area contributed by atoms with E-state index < -0.39 is 12.2 Å². The third kappa shape index (κ3) is 6.25. The van der Waals surface area contributed by atoms with Gasteiger partial charge in [0.2, 0.25) is 11.8 Å². The van der Waals surface area contributed by atoms with Gasteiger partial charge in [0, 0.05) is 25.2 Å². The van der Waals surface area contributed by atoms with E-state index in [2.05, 4.69) is 30.1 Å². The van der Waals surface area contributed by atoms with Gasteiger partial charge in [-0.25, -0.2) is 4.79 Å². The fourth-order valence-corrected chi connectivity index (χ4v) is 6.34.